The van der Waals surface area contributed by atoms with E-state index in [0.717, 1.165) is 88.8 Å². The zero-order chi connectivity index (χ0) is 41.9. The summed E-state index contributed by atoms with van der Waals surface area (Å²) >= 11 is 1.86. The van der Waals surface area contributed by atoms with Gasteiger partial charge in [0.25, 0.3) is 0 Å². The molecular formula is C58H33N3O2S. The topological polar surface area (TPSA) is 57.0 Å². The fourth-order valence-corrected chi connectivity index (χ4v) is 11.1. The Kier molecular flexibility index (Phi) is 7.49. The molecule has 0 aliphatic rings. The molecule has 0 atom stereocenters. The molecule has 0 unspecified atom stereocenters. The van der Waals surface area contributed by atoms with Gasteiger partial charge in [0.2, 0.25) is 0 Å². The highest BCUT2D eigenvalue weighted by Crippen LogP contribution is 2.47. The lowest BCUT2D eigenvalue weighted by Crippen LogP contribution is -1.96. The standard InChI is InChI=1S/C58H33N3O2S/c1-3-13-34(14-4-1)45-33-46(36-25-27-40-39-17-7-9-22-48(39)63-51(40)32-36)60-58(59-45)43-21-12-23-50-54(43)44-31-35(26-29-49(44)62-50)38-19-11-20-42-55-47(61(57(38)42)37-15-5-2-6-16-37)28-30-53-56(55)41-18-8-10-24-52(41)64-53/h1-33H. The van der Waals surface area contributed by atoms with Crippen molar-refractivity contribution in [1.29, 1.82) is 0 Å². The van der Waals surface area contributed by atoms with Crippen LogP contribution < -0.4 is 0 Å². The maximum Gasteiger partial charge on any atom is 0.161 e. The van der Waals surface area contributed by atoms with E-state index in [1.54, 1.807) is 0 Å². The highest BCUT2D eigenvalue weighted by atomic mass is 32.1. The number of para-hydroxylation sites is 3. The molecule has 64 heavy (non-hydrogen) atoms. The van der Waals surface area contributed by atoms with Crippen LogP contribution in [-0.4, -0.2) is 14.5 Å². The van der Waals surface area contributed by atoms with E-state index in [1.165, 1.54) is 42.0 Å². The number of thiophene rings is 1. The molecule has 14 rings (SSSR count). The van der Waals surface area contributed by atoms with Crippen molar-refractivity contribution in [2.24, 2.45) is 0 Å². The van der Waals surface area contributed by atoms with Crippen molar-refractivity contribution in [3.63, 3.8) is 0 Å². The highest BCUT2D eigenvalue weighted by molar-refractivity contribution is 7.26. The SMILES string of the molecule is c1ccc(-c2cc(-c3ccc4c(c3)oc3ccccc34)nc(-c3cccc4oc5ccc(-c6cccc7c8c9c(ccc8n(-c8ccccc8)c67)sc6ccccc69)cc5c34)n2)cc1. The zero-order valence-corrected chi connectivity index (χ0v) is 34.9. The summed E-state index contributed by atoms with van der Waals surface area (Å²) in [5, 5.41) is 9.27. The van der Waals surface area contributed by atoms with Gasteiger partial charge in [-0.15, -0.1) is 11.3 Å². The van der Waals surface area contributed by atoms with Crippen LogP contribution in [0.15, 0.2) is 209 Å². The van der Waals surface area contributed by atoms with Gasteiger partial charge in [0.15, 0.2) is 5.82 Å². The van der Waals surface area contributed by atoms with Crippen LogP contribution in [0.1, 0.15) is 0 Å². The first-order chi connectivity index (χ1) is 31.7. The summed E-state index contributed by atoms with van der Waals surface area (Å²) in [4.78, 5) is 10.6. The maximum absolute atomic E-state index is 6.65. The van der Waals surface area contributed by atoms with Crippen LogP contribution in [0.25, 0.3) is 137 Å². The van der Waals surface area contributed by atoms with Crippen LogP contribution in [0.4, 0.5) is 0 Å². The van der Waals surface area contributed by atoms with Gasteiger partial charge in [-0.25, -0.2) is 9.97 Å². The fraction of sp³-hybridized carbons (Fsp3) is 0. The Morgan fingerprint density at radius 1 is 0.375 bits per heavy atom. The summed E-state index contributed by atoms with van der Waals surface area (Å²) in [5.41, 5.74) is 13.5. The van der Waals surface area contributed by atoms with Gasteiger partial charge in [-0.3, -0.25) is 0 Å². The molecule has 5 heterocycles. The van der Waals surface area contributed by atoms with E-state index in [4.69, 9.17) is 18.8 Å². The molecule has 298 valence electrons. The molecule has 0 fully saturated rings. The van der Waals surface area contributed by atoms with E-state index in [9.17, 15) is 0 Å². The molecule has 0 aliphatic carbocycles. The number of furan rings is 2. The molecule has 0 radical (unpaired) electrons. The number of aromatic nitrogens is 3. The lowest BCUT2D eigenvalue weighted by Gasteiger charge is -2.12. The lowest BCUT2D eigenvalue weighted by atomic mass is 9.98. The number of hydrogen-bond acceptors (Lipinski definition) is 5. The molecule has 0 saturated carbocycles. The van der Waals surface area contributed by atoms with E-state index >= 15 is 0 Å². The van der Waals surface area contributed by atoms with Crippen LogP contribution >= 0.6 is 11.3 Å². The molecule has 0 aliphatic heterocycles. The van der Waals surface area contributed by atoms with Gasteiger partial charge < -0.3 is 13.4 Å². The van der Waals surface area contributed by atoms with Gasteiger partial charge in [-0.2, -0.15) is 0 Å². The van der Waals surface area contributed by atoms with Crippen LogP contribution in [-0.2, 0) is 0 Å². The van der Waals surface area contributed by atoms with E-state index < -0.39 is 0 Å². The number of nitrogens with zero attached hydrogens (tertiary/aromatic N) is 3. The van der Waals surface area contributed by atoms with Gasteiger partial charge in [0, 0.05) is 80.4 Å². The molecule has 0 bridgehead atoms. The third-order valence-corrected chi connectivity index (χ3v) is 14.0. The summed E-state index contributed by atoms with van der Waals surface area (Å²) in [6.07, 6.45) is 0. The lowest BCUT2D eigenvalue weighted by molar-refractivity contribution is 0.668. The summed E-state index contributed by atoms with van der Waals surface area (Å²) in [7, 11) is 0. The first kappa shape index (κ1) is 35.3. The van der Waals surface area contributed by atoms with Crippen LogP contribution in [0.2, 0.25) is 0 Å². The Morgan fingerprint density at radius 2 is 1.05 bits per heavy atom. The minimum Gasteiger partial charge on any atom is -0.456 e. The molecule has 0 N–H and O–H groups in total. The average Bonchev–Trinajstić information content (AvgIpc) is 4.12. The zero-order valence-electron chi connectivity index (χ0n) is 34.1. The van der Waals surface area contributed by atoms with Gasteiger partial charge in [0.1, 0.15) is 22.3 Å². The van der Waals surface area contributed by atoms with Crippen LogP contribution in [0.5, 0.6) is 0 Å². The summed E-state index contributed by atoms with van der Waals surface area (Å²) in [6, 6.07) is 70.6. The smallest absolute Gasteiger partial charge is 0.161 e. The molecule has 0 saturated heterocycles. The average molecular weight is 836 g/mol. The second-order valence-electron chi connectivity index (χ2n) is 16.4. The predicted octanol–water partition coefficient (Wildman–Crippen LogP) is 16.4. The third-order valence-electron chi connectivity index (χ3n) is 12.8. The Balaban J connectivity index is 1.00. The molecule has 0 spiro atoms. The van der Waals surface area contributed by atoms with Gasteiger partial charge in [-0.05, 0) is 78.4 Å². The molecular weight excluding hydrogens is 803 g/mol. The number of hydrogen-bond donors (Lipinski definition) is 0. The molecule has 9 aromatic carbocycles. The van der Waals surface area contributed by atoms with E-state index in [0.29, 0.717) is 5.82 Å². The van der Waals surface area contributed by atoms with Crippen molar-refractivity contribution in [1.82, 2.24) is 14.5 Å². The third kappa shape index (κ3) is 5.24. The number of benzene rings is 9. The van der Waals surface area contributed by atoms with Gasteiger partial charge in [0.05, 0.1) is 22.4 Å². The molecule has 5 aromatic heterocycles. The van der Waals surface area contributed by atoms with Gasteiger partial charge in [-0.1, -0.05) is 127 Å². The minimum atomic E-state index is 0.623. The second-order valence-corrected chi connectivity index (χ2v) is 17.5. The Hall–Kier alpha value is -8.32. The largest absolute Gasteiger partial charge is 0.456 e. The predicted molar refractivity (Wildman–Crippen MR) is 266 cm³/mol. The van der Waals surface area contributed by atoms with Crippen molar-refractivity contribution in [3.05, 3.63) is 200 Å². The number of fused-ring (bicyclic) bond motifs is 13. The summed E-state index contributed by atoms with van der Waals surface area (Å²) in [5.74, 6) is 0.623. The molecule has 5 nitrogen and oxygen atoms in total. The first-order valence-corrected chi connectivity index (χ1v) is 22.3. The highest BCUT2D eigenvalue weighted by Gasteiger charge is 2.23. The van der Waals surface area contributed by atoms with Crippen molar-refractivity contribution in [2.45, 2.75) is 0 Å². The first-order valence-electron chi connectivity index (χ1n) is 21.5. The van der Waals surface area contributed by atoms with Crippen molar-refractivity contribution in [3.8, 4) is 50.7 Å². The normalized spacial score (nSPS) is 12.1. The monoisotopic (exact) mass is 835 g/mol. The van der Waals surface area contributed by atoms with Gasteiger partial charge >= 0.3 is 0 Å². The second kappa shape index (κ2) is 13.6. The Morgan fingerprint density at radius 3 is 1.94 bits per heavy atom. The molecule has 6 heteroatoms. The summed E-state index contributed by atoms with van der Waals surface area (Å²) < 4.78 is 18.0. The van der Waals surface area contributed by atoms with E-state index in [1.807, 2.05) is 59.9 Å². The quantitative estimate of drug-likeness (QED) is 0.173. The van der Waals surface area contributed by atoms with Crippen LogP contribution in [0.3, 0.4) is 0 Å². The van der Waals surface area contributed by atoms with E-state index in [-0.39, 0.29) is 0 Å². The Bertz CT molecular complexity index is 4200. The van der Waals surface area contributed by atoms with E-state index in [2.05, 4.69) is 156 Å². The Labute approximate surface area is 369 Å². The maximum atomic E-state index is 6.65. The van der Waals surface area contributed by atoms with Crippen molar-refractivity contribution in [2.75, 3.05) is 0 Å². The minimum absolute atomic E-state index is 0.623. The molecule has 14 aromatic rings. The molecule has 0 amide bonds. The number of rotatable bonds is 5. The van der Waals surface area contributed by atoms with Crippen LogP contribution in [0, 0.1) is 0 Å². The summed E-state index contributed by atoms with van der Waals surface area (Å²) in [6.45, 7) is 0. The van der Waals surface area contributed by atoms with Crippen molar-refractivity contribution >= 4 is 97.2 Å². The fourth-order valence-electron chi connectivity index (χ4n) is 9.99. The van der Waals surface area contributed by atoms with Crippen molar-refractivity contribution < 1.29 is 8.83 Å².